The van der Waals surface area contributed by atoms with Crippen molar-refractivity contribution >= 4 is 77.9 Å². The van der Waals surface area contributed by atoms with Crippen LogP contribution in [-0.2, 0) is 10.8 Å². The predicted octanol–water partition coefficient (Wildman–Crippen LogP) is 24.9. The summed E-state index contributed by atoms with van der Waals surface area (Å²) in [5.41, 5.74) is 30.3. The van der Waals surface area contributed by atoms with Crippen LogP contribution in [-0.4, -0.2) is 19.1 Å². The Kier molecular flexibility index (Phi) is 14.5. The Balaban J connectivity index is 0.000000145. The minimum absolute atomic E-state index is 0.0795. The Morgan fingerprint density at radius 1 is 0.260 bits per heavy atom. The molecule has 4 aromatic heterocycles. The van der Waals surface area contributed by atoms with Crippen molar-refractivity contribution in [2.75, 3.05) is 9.80 Å². The molecular formula is C94H70N6. The zero-order chi connectivity index (χ0) is 67.1. The van der Waals surface area contributed by atoms with Gasteiger partial charge in [-0.15, -0.1) is 0 Å². The number of fused-ring (bicyclic) bond motifs is 12. The first-order valence-corrected chi connectivity index (χ1v) is 34.5. The summed E-state index contributed by atoms with van der Waals surface area (Å²) in [4.78, 5) is 13.9. The standard InChI is InChI=1S/C50H37N3.C44H33N3/c1-50(2)46-19-8-6-17-42(46)43-27-26-41(32-47(43)50)52(40-16-10-12-35(30-40)37-13-11-29-51-33-37)39-24-21-34(22-25-39)36-23-28-49-45(31-36)44-18-7-9-20-48(44)53(49)38-14-4-3-5-15-38;1-44(2)39-16-8-6-14-35(39)36-25-24-34(29-40(36)44)46(43-18-10-11-27-45-43)33-22-19-30(20-23-33)31-21-26-42-38(28-31)37-15-7-9-17-41(37)47(42)32-12-4-3-5-13-32/h3-33H,1-2H3;3-29H,1-2H3. The van der Waals surface area contributed by atoms with Crippen LogP contribution < -0.4 is 9.80 Å². The summed E-state index contributed by atoms with van der Waals surface area (Å²) in [5.74, 6) is 0.892. The maximum absolute atomic E-state index is 4.80. The Morgan fingerprint density at radius 2 is 0.680 bits per heavy atom. The lowest BCUT2D eigenvalue weighted by Gasteiger charge is -2.28. The van der Waals surface area contributed by atoms with Gasteiger partial charge >= 0.3 is 0 Å². The SMILES string of the molecule is CC1(C)c2ccccc2-c2ccc(N(c3ccc(-c4ccc5c(c4)c4ccccc4n5-c4ccccc4)cc3)c3cccc(-c4cccnc4)c3)cc21.CC1(C)c2ccccc2-c2ccc(N(c3ccc(-c4ccc5c(c4)c4ccccc4n5-c4ccccc4)cc3)c3ccccn3)cc21. The van der Waals surface area contributed by atoms with Crippen LogP contribution >= 0.6 is 0 Å². The number of hydrogen-bond donors (Lipinski definition) is 0. The van der Waals surface area contributed by atoms with Gasteiger partial charge in [0.1, 0.15) is 5.82 Å². The zero-order valence-electron chi connectivity index (χ0n) is 56.2. The molecule has 0 saturated carbocycles. The molecule has 19 rings (SSSR count). The summed E-state index contributed by atoms with van der Waals surface area (Å²) in [6.07, 6.45) is 5.62. The number of pyridine rings is 2. The molecule has 100 heavy (non-hydrogen) atoms. The Labute approximate surface area is 583 Å². The first-order valence-electron chi connectivity index (χ1n) is 34.5. The second-order valence-corrected chi connectivity index (χ2v) is 27.4. The van der Waals surface area contributed by atoms with Gasteiger partial charge in [0.2, 0.25) is 0 Å². The van der Waals surface area contributed by atoms with Crippen LogP contribution in [0.25, 0.3) is 111 Å². The smallest absolute Gasteiger partial charge is 0.137 e. The molecule has 0 radical (unpaired) electrons. The van der Waals surface area contributed by atoms with Gasteiger partial charge in [0, 0.05) is 96.3 Å². The molecule has 6 heteroatoms. The van der Waals surface area contributed by atoms with Gasteiger partial charge in [-0.25, -0.2) is 4.98 Å². The van der Waals surface area contributed by atoms with Crippen molar-refractivity contribution < 1.29 is 0 Å². The van der Waals surface area contributed by atoms with Crippen LogP contribution in [0.4, 0.5) is 34.3 Å². The maximum atomic E-state index is 4.80. The van der Waals surface area contributed by atoms with E-state index in [4.69, 9.17) is 4.98 Å². The quantitative estimate of drug-likeness (QED) is 0.129. The highest BCUT2D eigenvalue weighted by Crippen LogP contribution is 2.53. The Bertz CT molecular complexity index is 5950. The van der Waals surface area contributed by atoms with Crippen molar-refractivity contribution in [2.24, 2.45) is 0 Å². The second-order valence-electron chi connectivity index (χ2n) is 27.4. The van der Waals surface area contributed by atoms with Crippen molar-refractivity contribution in [1.82, 2.24) is 19.1 Å². The van der Waals surface area contributed by atoms with Crippen molar-refractivity contribution in [3.05, 3.63) is 374 Å². The number of para-hydroxylation sites is 4. The summed E-state index contributed by atoms with van der Waals surface area (Å²) in [5, 5.41) is 5.02. The molecule has 0 unspecified atom stereocenters. The average molecular weight is 1280 g/mol. The predicted molar refractivity (Wildman–Crippen MR) is 418 cm³/mol. The molecule has 0 N–H and O–H groups in total. The normalized spacial score (nSPS) is 13.0. The maximum Gasteiger partial charge on any atom is 0.137 e. The Hall–Kier alpha value is -12.6. The van der Waals surface area contributed by atoms with E-state index in [1.165, 1.54) is 122 Å². The number of anilines is 6. The van der Waals surface area contributed by atoms with Crippen LogP contribution in [0.5, 0.6) is 0 Å². The third-order valence-corrected chi connectivity index (χ3v) is 20.9. The topological polar surface area (TPSA) is 42.1 Å². The van der Waals surface area contributed by atoms with Crippen molar-refractivity contribution in [3.63, 3.8) is 0 Å². The zero-order valence-corrected chi connectivity index (χ0v) is 56.2. The highest BCUT2D eigenvalue weighted by Gasteiger charge is 2.37. The number of nitrogens with zero attached hydrogens (tertiary/aromatic N) is 6. The van der Waals surface area contributed by atoms with Gasteiger partial charge in [-0.05, 0) is 212 Å². The van der Waals surface area contributed by atoms with E-state index in [1.54, 1.807) is 0 Å². The molecule has 0 atom stereocenters. The summed E-state index contributed by atoms with van der Waals surface area (Å²) in [6, 6.07) is 121. The lowest BCUT2D eigenvalue weighted by Crippen LogP contribution is -2.16. The fourth-order valence-electron chi connectivity index (χ4n) is 16.0. The molecule has 2 aliphatic rings. The van der Waals surface area contributed by atoms with E-state index in [9.17, 15) is 0 Å². The van der Waals surface area contributed by atoms with E-state index in [0.717, 1.165) is 45.4 Å². The van der Waals surface area contributed by atoms with Gasteiger partial charge in [0.25, 0.3) is 0 Å². The third-order valence-electron chi connectivity index (χ3n) is 20.9. The molecule has 0 amide bonds. The Morgan fingerprint density at radius 3 is 1.20 bits per heavy atom. The summed E-state index contributed by atoms with van der Waals surface area (Å²) < 4.78 is 4.73. The third kappa shape index (κ3) is 10.1. The molecule has 0 aliphatic heterocycles. The minimum atomic E-state index is -0.0999. The summed E-state index contributed by atoms with van der Waals surface area (Å²) >= 11 is 0. The monoisotopic (exact) mass is 1280 g/mol. The van der Waals surface area contributed by atoms with Gasteiger partial charge in [-0.2, -0.15) is 0 Å². The molecule has 17 aromatic rings. The lowest BCUT2D eigenvalue weighted by molar-refractivity contribution is 0.660. The first-order chi connectivity index (χ1) is 49.1. The molecule has 0 saturated heterocycles. The largest absolute Gasteiger partial charge is 0.310 e. The minimum Gasteiger partial charge on any atom is -0.310 e. The average Bonchev–Trinajstić information content (AvgIpc) is 1.60. The number of rotatable bonds is 11. The van der Waals surface area contributed by atoms with E-state index in [-0.39, 0.29) is 10.8 Å². The number of aromatic nitrogens is 4. The van der Waals surface area contributed by atoms with Gasteiger partial charge in [-0.3, -0.25) is 9.88 Å². The second kappa shape index (κ2) is 24.2. The van der Waals surface area contributed by atoms with Gasteiger partial charge in [-0.1, -0.05) is 222 Å². The fourth-order valence-corrected chi connectivity index (χ4v) is 16.0. The van der Waals surface area contributed by atoms with E-state index >= 15 is 0 Å². The molecule has 476 valence electrons. The lowest BCUT2D eigenvalue weighted by atomic mass is 9.82. The van der Waals surface area contributed by atoms with Crippen LogP contribution in [0.15, 0.2) is 352 Å². The van der Waals surface area contributed by atoms with E-state index in [1.807, 2.05) is 30.7 Å². The number of hydrogen-bond acceptors (Lipinski definition) is 4. The molecular weight excluding hydrogens is 1210 g/mol. The molecule has 6 nitrogen and oxygen atoms in total. The molecule has 2 aliphatic carbocycles. The highest BCUT2D eigenvalue weighted by atomic mass is 15.2. The van der Waals surface area contributed by atoms with E-state index in [0.29, 0.717) is 0 Å². The van der Waals surface area contributed by atoms with Crippen LogP contribution in [0.1, 0.15) is 49.9 Å². The molecule has 13 aromatic carbocycles. The van der Waals surface area contributed by atoms with Crippen LogP contribution in [0, 0.1) is 0 Å². The molecule has 4 heterocycles. The number of benzene rings is 13. The van der Waals surface area contributed by atoms with Gasteiger partial charge in [0.05, 0.1) is 22.1 Å². The van der Waals surface area contributed by atoms with Crippen molar-refractivity contribution in [2.45, 2.75) is 38.5 Å². The van der Waals surface area contributed by atoms with Gasteiger partial charge in [0.15, 0.2) is 0 Å². The van der Waals surface area contributed by atoms with E-state index < -0.39 is 0 Å². The molecule has 0 fully saturated rings. The van der Waals surface area contributed by atoms with Gasteiger partial charge < -0.3 is 14.0 Å². The highest BCUT2D eigenvalue weighted by molar-refractivity contribution is 6.12. The molecule has 0 spiro atoms. The summed E-state index contributed by atoms with van der Waals surface area (Å²) in [7, 11) is 0. The van der Waals surface area contributed by atoms with Crippen LogP contribution in [0.3, 0.4) is 0 Å². The van der Waals surface area contributed by atoms with Crippen molar-refractivity contribution in [3.8, 4) is 67.0 Å². The van der Waals surface area contributed by atoms with Crippen LogP contribution in [0.2, 0.25) is 0 Å². The first kappa shape index (κ1) is 59.8. The van der Waals surface area contributed by atoms with Crippen molar-refractivity contribution in [1.29, 1.82) is 0 Å². The van der Waals surface area contributed by atoms with E-state index in [2.05, 4.69) is 373 Å². The molecule has 0 bridgehead atoms. The summed E-state index contributed by atoms with van der Waals surface area (Å²) in [6.45, 7) is 9.35. The fraction of sp³-hybridized carbons (Fsp3) is 0.0638.